The lowest BCUT2D eigenvalue weighted by molar-refractivity contribution is 0.0388. The van der Waals surface area contributed by atoms with Crippen LogP contribution >= 0.6 is 0 Å². The van der Waals surface area contributed by atoms with E-state index in [1.807, 2.05) is 12.5 Å². The molecule has 0 saturated heterocycles. The average Bonchev–Trinajstić information content (AvgIpc) is 3.02. The molecule has 0 amide bonds. The van der Waals surface area contributed by atoms with E-state index in [1.54, 1.807) is 0 Å². The molecule has 3 nitrogen and oxygen atoms in total. The summed E-state index contributed by atoms with van der Waals surface area (Å²) >= 11 is 0. The fourth-order valence-electron chi connectivity index (χ4n) is 4.03. The number of aliphatic hydroxyl groups excluding tert-OH is 1. The molecule has 4 atom stereocenters. The number of aromatic nitrogens is 2. The van der Waals surface area contributed by atoms with Gasteiger partial charge in [-0.2, -0.15) is 0 Å². The highest BCUT2D eigenvalue weighted by molar-refractivity contribution is 5.66. The summed E-state index contributed by atoms with van der Waals surface area (Å²) in [5.74, 6) is 0.636. The number of imidazole rings is 1. The largest absolute Gasteiger partial charge is 0.391 e. The molecule has 2 aromatic rings. The van der Waals surface area contributed by atoms with Gasteiger partial charge in [0.25, 0.3) is 0 Å². The zero-order valence-corrected chi connectivity index (χ0v) is 13.7. The maximum absolute atomic E-state index is 11.1. The zero-order valence-electron chi connectivity index (χ0n) is 13.7. The molecular weight excluding hydrogens is 272 g/mol. The van der Waals surface area contributed by atoms with Gasteiger partial charge in [0.05, 0.1) is 30.4 Å². The second-order valence-corrected chi connectivity index (χ2v) is 6.50. The molecule has 1 aromatic carbocycles. The Morgan fingerprint density at radius 3 is 2.77 bits per heavy atom. The van der Waals surface area contributed by atoms with E-state index < -0.39 is 0 Å². The van der Waals surface area contributed by atoms with Crippen molar-refractivity contribution < 1.29 is 5.11 Å². The molecule has 2 heterocycles. The molecule has 0 fully saturated rings. The summed E-state index contributed by atoms with van der Waals surface area (Å²) in [5.41, 5.74) is 3.70. The molecule has 0 spiro atoms. The van der Waals surface area contributed by atoms with Gasteiger partial charge in [0, 0.05) is 11.5 Å². The number of benzene rings is 1. The van der Waals surface area contributed by atoms with Gasteiger partial charge in [0.2, 0.25) is 0 Å². The molecule has 4 unspecified atom stereocenters. The number of fused-ring (bicyclic) bond motifs is 3. The molecule has 3 rings (SSSR count). The van der Waals surface area contributed by atoms with Crippen LogP contribution < -0.4 is 0 Å². The van der Waals surface area contributed by atoms with Crippen LogP contribution in [-0.4, -0.2) is 20.8 Å². The van der Waals surface area contributed by atoms with Crippen LogP contribution in [0.15, 0.2) is 36.8 Å². The first kappa shape index (κ1) is 15.3. The highest BCUT2D eigenvalue weighted by Gasteiger charge is 2.37. The lowest BCUT2D eigenvalue weighted by Crippen LogP contribution is -2.36. The minimum Gasteiger partial charge on any atom is -0.391 e. The predicted octanol–water partition coefficient (Wildman–Crippen LogP) is 4.40. The van der Waals surface area contributed by atoms with Gasteiger partial charge in [-0.15, -0.1) is 0 Å². The summed E-state index contributed by atoms with van der Waals surface area (Å²) in [6.07, 6.45) is 6.68. The van der Waals surface area contributed by atoms with E-state index in [0.717, 1.165) is 25.0 Å². The van der Waals surface area contributed by atoms with Crippen LogP contribution in [0.4, 0.5) is 0 Å². The van der Waals surface area contributed by atoms with Gasteiger partial charge in [0.1, 0.15) is 0 Å². The van der Waals surface area contributed by atoms with Crippen molar-refractivity contribution in [3.8, 4) is 11.3 Å². The van der Waals surface area contributed by atoms with Crippen molar-refractivity contribution in [1.29, 1.82) is 0 Å². The van der Waals surface area contributed by atoms with Gasteiger partial charge in [0.15, 0.2) is 0 Å². The third kappa shape index (κ3) is 2.38. The van der Waals surface area contributed by atoms with Crippen molar-refractivity contribution in [3.05, 3.63) is 42.4 Å². The Morgan fingerprint density at radius 1 is 1.27 bits per heavy atom. The van der Waals surface area contributed by atoms with Gasteiger partial charge in [-0.1, -0.05) is 57.9 Å². The van der Waals surface area contributed by atoms with Crippen molar-refractivity contribution in [2.24, 2.45) is 5.92 Å². The number of nitrogens with zero attached hydrogens (tertiary/aromatic N) is 2. The smallest absolute Gasteiger partial charge is 0.0954 e. The quantitative estimate of drug-likeness (QED) is 0.888. The summed E-state index contributed by atoms with van der Waals surface area (Å²) in [5, 5.41) is 11.1. The van der Waals surface area contributed by atoms with Crippen LogP contribution in [0.2, 0.25) is 0 Å². The van der Waals surface area contributed by atoms with Crippen LogP contribution in [-0.2, 0) is 0 Å². The zero-order chi connectivity index (χ0) is 15.7. The summed E-state index contributed by atoms with van der Waals surface area (Å²) in [4.78, 5) is 4.35. The highest BCUT2D eigenvalue weighted by Crippen LogP contribution is 2.45. The molecule has 3 heteroatoms. The first-order chi connectivity index (χ1) is 10.7. The standard InChI is InChI=1S/C19H26N2O/c1-4-8-14(5-2)19(22)18-13(3)15-9-6-7-10-16(15)17-11-20-12-21(17)18/h6-7,9-14,18-19,22H,4-5,8H2,1-3H3. The minimum atomic E-state index is -0.332. The van der Waals surface area contributed by atoms with Crippen LogP contribution in [0.1, 0.15) is 57.6 Å². The molecule has 0 saturated carbocycles. The maximum atomic E-state index is 11.1. The van der Waals surface area contributed by atoms with E-state index >= 15 is 0 Å². The number of hydrogen-bond donors (Lipinski definition) is 1. The number of aliphatic hydroxyl groups is 1. The van der Waals surface area contributed by atoms with Crippen LogP contribution in [0.25, 0.3) is 11.3 Å². The van der Waals surface area contributed by atoms with E-state index in [2.05, 4.69) is 54.6 Å². The Kier molecular flexibility index (Phi) is 4.34. The molecule has 0 bridgehead atoms. The summed E-state index contributed by atoms with van der Waals surface area (Å²) < 4.78 is 2.19. The van der Waals surface area contributed by atoms with Crippen LogP contribution in [0.5, 0.6) is 0 Å². The van der Waals surface area contributed by atoms with Crippen molar-refractivity contribution in [2.45, 2.75) is 58.1 Å². The number of hydrogen-bond acceptors (Lipinski definition) is 2. The Hall–Kier alpha value is -1.61. The number of rotatable bonds is 5. The predicted molar refractivity (Wildman–Crippen MR) is 89.8 cm³/mol. The third-order valence-electron chi connectivity index (χ3n) is 5.24. The Labute approximate surface area is 133 Å². The van der Waals surface area contributed by atoms with Gasteiger partial charge < -0.3 is 9.67 Å². The fourth-order valence-corrected chi connectivity index (χ4v) is 4.03. The SMILES string of the molecule is CCCC(CC)C(O)C1C(C)c2ccccc2-c2cncn21. The van der Waals surface area contributed by atoms with Gasteiger partial charge in [-0.25, -0.2) is 4.98 Å². The van der Waals surface area contributed by atoms with Crippen molar-refractivity contribution in [3.63, 3.8) is 0 Å². The molecule has 22 heavy (non-hydrogen) atoms. The highest BCUT2D eigenvalue weighted by atomic mass is 16.3. The molecule has 1 aliphatic heterocycles. The first-order valence-electron chi connectivity index (χ1n) is 8.48. The monoisotopic (exact) mass is 298 g/mol. The second-order valence-electron chi connectivity index (χ2n) is 6.50. The van der Waals surface area contributed by atoms with Crippen molar-refractivity contribution in [2.75, 3.05) is 0 Å². The lowest BCUT2D eigenvalue weighted by Gasteiger charge is -2.39. The molecule has 0 radical (unpaired) electrons. The molecule has 1 aromatic heterocycles. The normalized spacial score (nSPS) is 22.7. The van der Waals surface area contributed by atoms with E-state index in [0.29, 0.717) is 11.8 Å². The fraction of sp³-hybridized carbons (Fsp3) is 0.526. The van der Waals surface area contributed by atoms with E-state index in [1.165, 1.54) is 11.1 Å². The molecule has 1 N–H and O–H groups in total. The topological polar surface area (TPSA) is 38.1 Å². The summed E-state index contributed by atoms with van der Waals surface area (Å²) in [6, 6.07) is 8.59. The average molecular weight is 298 g/mol. The summed E-state index contributed by atoms with van der Waals surface area (Å²) in [6.45, 7) is 6.60. The van der Waals surface area contributed by atoms with Gasteiger partial charge in [-0.3, -0.25) is 0 Å². The lowest BCUT2D eigenvalue weighted by atomic mass is 9.78. The second kappa shape index (κ2) is 6.25. The first-order valence-corrected chi connectivity index (χ1v) is 8.48. The van der Waals surface area contributed by atoms with Crippen LogP contribution in [0, 0.1) is 5.92 Å². The van der Waals surface area contributed by atoms with E-state index in [4.69, 9.17) is 0 Å². The summed E-state index contributed by atoms with van der Waals surface area (Å²) in [7, 11) is 0. The maximum Gasteiger partial charge on any atom is 0.0954 e. The van der Waals surface area contributed by atoms with Gasteiger partial charge >= 0.3 is 0 Å². The molecule has 1 aliphatic rings. The third-order valence-corrected chi connectivity index (χ3v) is 5.24. The minimum absolute atomic E-state index is 0.0731. The Bertz CT molecular complexity index is 634. The van der Waals surface area contributed by atoms with Gasteiger partial charge in [-0.05, 0) is 17.9 Å². The van der Waals surface area contributed by atoms with Crippen LogP contribution in [0.3, 0.4) is 0 Å². The molecular formula is C19H26N2O. The molecule has 118 valence electrons. The van der Waals surface area contributed by atoms with Crippen molar-refractivity contribution in [1.82, 2.24) is 9.55 Å². The molecule has 0 aliphatic carbocycles. The van der Waals surface area contributed by atoms with E-state index in [-0.39, 0.29) is 12.1 Å². The van der Waals surface area contributed by atoms with Crippen molar-refractivity contribution >= 4 is 0 Å². The Balaban J connectivity index is 2.03. The van der Waals surface area contributed by atoms with E-state index in [9.17, 15) is 5.11 Å². The Morgan fingerprint density at radius 2 is 2.05 bits per heavy atom.